The predicted molar refractivity (Wildman–Crippen MR) is 104 cm³/mol. The first kappa shape index (κ1) is 19.4. The molecule has 1 N–H and O–H groups in total. The number of ether oxygens (including phenoxy) is 1. The van der Waals surface area contributed by atoms with Crippen LogP contribution >= 0.6 is 0 Å². The summed E-state index contributed by atoms with van der Waals surface area (Å²) >= 11 is 0. The lowest BCUT2D eigenvalue weighted by Gasteiger charge is -2.47. The second-order valence-corrected chi connectivity index (χ2v) is 7.78. The summed E-state index contributed by atoms with van der Waals surface area (Å²) in [5, 5.41) is 2.54. The fourth-order valence-electron chi connectivity index (χ4n) is 2.64. The van der Waals surface area contributed by atoms with E-state index in [1.807, 2.05) is 24.3 Å². The molecule has 0 spiro atoms. The SMILES string of the molecule is CNC(=O)c1cc(Oc2ccc(B3OCC(C)(C)C(C)(C)O3)cc2)ccn1. The molecule has 142 valence electrons. The number of amides is 1. The highest BCUT2D eigenvalue weighted by molar-refractivity contribution is 6.61. The van der Waals surface area contributed by atoms with Crippen LogP contribution in [0.25, 0.3) is 0 Å². The Labute approximate surface area is 160 Å². The molecule has 6 nitrogen and oxygen atoms in total. The average Bonchev–Trinajstić information content (AvgIpc) is 2.64. The second-order valence-electron chi connectivity index (χ2n) is 7.78. The number of carbonyl (C=O) groups is 1. The van der Waals surface area contributed by atoms with Crippen LogP contribution in [0, 0.1) is 5.41 Å². The third kappa shape index (κ3) is 4.15. The van der Waals surface area contributed by atoms with Crippen LogP contribution in [0.1, 0.15) is 38.2 Å². The van der Waals surface area contributed by atoms with E-state index in [2.05, 4.69) is 38.0 Å². The van der Waals surface area contributed by atoms with Gasteiger partial charge < -0.3 is 19.4 Å². The Balaban J connectivity index is 1.70. The molecule has 0 unspecified atom stereocenters. The molecule has 0 radical (unpaired) electrons. The Morgan fingerprint density at radius 3 is 2.48 bits per heavy atom. The predicted octanol–water partition coefficient (Wildman–Crippen LogP) is 2.78. The summed E-state index contributed by atoms with van der Waals surface area (Å²) in [6.07, 6.45) is 1.54. The van der Waals surface area contributed by atoms with Gasteiger partial charge in [0.2, 0.25) is 0 Å². The van der Waals surface area contributed by atoms with Crippen LogP contribution < -0.4 is 15.5 Å². The van der Waals surface area contributed by atoms with Crippen molar-refractivity contribution in [2.75, 3.05) is 13.7 Å². The number of nitrogens with one attached hydrogen (secondary N) is 1. The Bertz CT molecular complexity index is 821. The summed E-state index contributed by atoms with van der Waals surface area (Å²) in [6, 6.07) is 10.9. The zero-order chi connectivity index (χ0) is 19.7. The molecule has 1 aromatic heterocycles. The number of pyridine rings is 1. The summed E-state index contributed by atoms with van der Waals surface area (Å²) in [5.41, 5.74) is 0.890. The summed E-state index contributed by atoms with van der Waals surface area (Å²) in [4.78, 5) is 15.7. The Morgan fingerprint density at radius 2 is 1.85 bits per heavy atom. The minimum absolute atomic E-state index is 0.0591. The van der Waals surface area contributed by atoms with Gasteiger partial charge >= 0.3 is 7.12 Å². The van der Waals surface area contributed by atoms with E-state index in [1.165, 1.54) is 0 Å². The lowest BCUT2D eigenvalue weighted by atomic mass is 9.69. The van der Waals surface area contributed by atoms with Crippen molar-refractivity contribution in [1.29, 1.82) is 0 Å². The van der Waals surface area contributed by atoms with Crippen LogP contribution in [0.15, 0.2) is 42.6 Å². The molecule has 0 aliphatic carbocycles. The molecule has 0 saturated carbocycles. The molecular weight excluding hydrogens is 343 g/mol. The van der Waals surface area contributed by atoms with Crippen LogP contribution in [0.4, 0.5) is 0 Å². The minimum atomic E-state index is -0.400. The normalized spacial score (nSPS) is 18.0. The van der Waals surface area contributed by atoms with Gasteiger partial charge in [-0.2, -0.15) is 0 Å². The molecule has 2 aromatic rings. The number of nitrogens with zero attached hydrogens (tertiary/aromatic N) is 1. The highest BCUT2D eigenvalue weighted by atomic mass is 16.6. The molecular formula is C20H25BN2O4. The second kappa shape index (κ2) is 7.33. The van der Waals surface area contributed by atoms with Gasteiger partial charge in [0.15, 0.2) is 0 Å². The third-order valence-corrected chi connectivity index (χ3v) is 5.21. The van der Waals surface area contributed by atoms with Crippen LogP contribution in [0.5, 0.6) is 11.5 Å². The fraction of sp³-hybridized carbons (Fsp3) is 0.400. The van der Waals surface area contributed by atoms with Crippen molar-refractivity contribution in [3.05, 3.63) is 48.3 Å². The molecule has 0 bridgehead atoms. The molecule has 1 saturated heterocycles. The average molecular weight is 368 g/mol. The first-order chi connectivity index (χ1) is 12.7. The summed E-state index contributed by atoms with van der Waals surface area (Å²) in [5.74, 6) is 0.945. The Hall–Kier alpha value is -2.38. The largest absolute Gasteiger partial charge is 0.494 e. The van der Waals surface area contributed by atoms with Gasteiger partial charge in [-0.25, -0.2) is 0 Å². The van der Waals surface area contributed by atoms with E-state index >= 15 is 0 Å². The highest BCUT2D eigenvalue weighted by Crippen LogP contribution is 2.38. The van der Waals surface area contributed by atoms with Crippen LogP contribution in [-0.2, 0) is 9.31 Å². The Kier molecular flexibility index (Phi) is 5.26. The zero-order valence-electron chi connectivity index (χ0n) is 16.4. The van der Waals surface area contributed by atoms with E-state index in [4.69, 9.17) is 14.0 Å². The van der Waals surface area contributed by atoms with Gasteiger partial charge in [0.25, 0.3) is 5.91 Å². The van der Waals surface area contributed by atoms with E-state index in [0.717, 1.165) is 5.46 Å². The molecule has 7 heteroatoms. The highest BCUT2D eigenvalue weighted by Gasteiger charge is 2.46. The van der Waals surface area contributed by atoms with Gasteiger partial charge in [0, 0.05) is 31.3 Å². The van der Waals surface area contributed by atoms with Gasteiger partial charge in [-0.1, -0.05) is 26.0 Å². The molecule has 2 heterocycles. The number of carbonyl (C=O) groups excluding carboxylic acids is 1. The summed E-state index contributed by atoms with van der Waals surface area (Å²) < 4.78 is 17.9. The number of hydrogen-bond donors (Lipinski definition) is 1. The lowest BCUT2D eigenvalue weighted by molar-refractivity contribution is -0.0937. The first-order valence-corrected chi connectivity index (χ1v) is 8.97. The van der Waals surface area contributed by atoms with Crippen LogP contribution in [0.3, 0.4) is 0 Å². The number of aromatic nitrogens is 1. The molecule has 0 atom stereocenters. The maximum Gasteiger partial charge on any atom is 0.494 e. The van der Waals surface area contributed by atoms with Crippen molar-refractivity contribution < 1.29 is 18.8 Å². The van der Waals surface area contributed by atoms with Gasteiger partial charge in [-0.15, -0.1) is 0 Å². The monoisotopic (exact) mass is 368 g/mol. The van der Waals surface area contributed by atoms with Gasteiger partial charge in [-0.3, -0.25) is 9.78 Å². The van der Waals surface area contributed by atoms with E-state index in [9.17, 15) is 4.79 Å². The smallest absolute Gasteiger partial charge is 0.457 e. The summed E-state index contributed by atoms with van der Waals surface area (Å²) in [6.45, 7) is 9.09. The standard InChI is InChI=1S/C20H25BN2O4/c1-19(2)13-25-21(27-20(19,3)4)14-6-8-15(9-7-14)26-16-10-11-23-17(12-16)18(24)22-5/h6-12H,13H2,1-5H3,(H,22,24). The van der Waals surface area contributed by atoms with E-state index in [0.29, 0.717) is 23.8 Å². The van der Waals surface area contributed by atoms with Crippen LogP contribution in [0.2, 0.25) is 0 Å². The van der Waals surface area contributed by atoms with Crippen molar-refractivity contribution in [2.45, 2.75) is 33.3 Å². The van der Waals surface area contributed by atoms with E-state index < -0.39 is 7.12 Å². The van der Waals surface area contributed by atoms with Gasteiger partial charge in [-0.05, 0) is 37.5 Å². The van der Waals surface area contributed by atoms with Crippen molar-refractivity contribution >= 4 is 18.5 Å². The summed E-state index contributed by atoms with van der Waals surface area (Å²) in [7, 11) is 1.16. The molecule has 1 aliphatic heterocycles. The molecule has 27 heavy (non-hydrogen) atoms. The maximum absolute atomic E-state index is 11.7. The van der Waals surface area contributed by atoms with Crippen molar-refractivity contribution in [3.8, 4) is 11.5 Å². The lowest BCUT2D eigenvalue weighted by Crippen LogP contribution is -2.58. The van der Waals surface area contributed by atoms with E-state index in [1.54, 1.807) is 25.4 Å². The van der Waals surface area contributed by atoms with Crippen LogP contribution in [-0.4, -0.2) is 37.3 Å². The Morgan fingerprint density at radius 1 is 1.15 bits per heavy atom. The number of rotatable bonds is 4. The maximum atomic E-state index is 11.7. The quantitative estimate of drug-likeness (QED) is 0.841. The molecule has 1 amide bonds. The fourth-order valence-corrected chi connectivity index (χ4v) is 2.64. The van der Waals surface area contributed by atoms with Gasteiger partial charge in [0.1, 0.15) is 17.2 Å². The topological polar surface area (TPSA) is 69.7 Å². The van der Waals surface area contributed by atoms with E-state index in [-0.39, 0.29) is 16.9 Å². The minimum Gasteiger partial charge on any atom is -0.457 e. The zero-order valence-corrected chi connectivity index (χ0v) is 16.4. The third-order valence-electron chi connectivity index (χ3n) is 5.21. The number of hydrogen-bond acceptors (Lipinski definition) is 5. The molecule has 1 aliphatic rings. The number of benzene rings is 1. The molecule has 3 rings (SSSR count). The van der Waals surface area contributed by atoms with Crippen molar-refractivity contribution in [1.82, 2.24) is 10.3 Å². The first-order valence-electron chi connectivity index (χ1n) is 8.97. The molecule has 1 aromatic carbocycles. The van der Waals surface area contributed by atoms with Crippen molar-refractivity contribution in [2.24, 2.45) is 5.41 Å². The van der Waals surface area contributed by atoms with Gasteiger partial charge in [0.05, 0.1) is 5.60 Å². The van der Waals surface area contributed by atoms with Crippen molar-refractivity contribution in [3.63, 3.8) is 0 Å². The molecule has 1 fully saturated rings.